The van der Waals surface area contributed by atoms with Crippen molar-refractivity contribution in [1.29, 1.82) is 0 Å². The number of amides is 1. The third-order valence-corrected chi connectivity index (χ3v) is 6.55. The molecule has 0 spiro atoms. The Kier molecular flexibility index (Phi) is 9.41. The number of aromatic nitrogens is 3. The number of hydrogen-bond acceptors (Lipinski definition) is 7. The Morgan fingerprint density at radius 2 is 1.97 bits per heavy atom. The van der Waals surface area contributed by atoms with Gasteiger partial charge < -0.3 is 30.0 Å². The second-order valence-corrected chi connectivity index (χ2v) is 9.31. The fraction of sp³-hybridized carbons (Fsp3) is 0.400. The van der Waals surface area contributed by atoms with Gasteiger partial charge in [0.15, 0.2) is 0 Å². The molecule has 1 fully saturated rings. The van der Waals surface area contributed by atoms with Crippen LogP contribution in [-0.4, -0.2) is 60.0 Å². The van der Waals surface area contributed by atoms with Gasteiger partial charge in [-0.2, -0.15) is 9.97 Å². The molecule has 2 aromatic heterocycles. The maximum absolute atomic E-state index is 13.4. The average molecular weight is 533 g/mol. The van der Waals surface area contributed by atoms with Crippen LogP contribution in [0.2, 0.25) is 10.0 Å². The Morgan fingerprint density at radius 3 is 2.69 bits per heavy atom. The van der Waals surface area contributed by atoms with Crippen molar-refractivity contribution in [2.75, 3.05) is 44.1 Å². The maximum Gasteiger partial charge on any atom is 0.243 e. The van der Waals surface area contributed by atoms with Gasteiger partial charge in [-0.1, -0.05) is 29.3 Å². The monoisotopic (exact) mass is 532 g/mol. The summed E-state index contributed by atoms with van der Waals surface area (Å²) in [7, 11) is 1.64. The minimum atomic E-state index is -0.515. The zero-order valence-electron chi connectivity index (χ0n) is 20.0. The number of nitrogens with zero attached hydrogens (tertiary/aromatic N) is 3. The molecule has 9 nitrogen and oxygen atoms in total. The molecule has 3 N–H and O–H groups in total. The molecule has 1 saturated heterocycles. The topological polar surface area (TPSA) is 102 Å². The average Bonchev–Trinajstić information content (AvgIpc) is 3.42. The Morgan fingerprint density at radius 1 is 1.19 bits per heavy atom. The molecule has 0 radical (unpaired) electrons. The molecule has 3 aromatic rings. The summed E-state index contributed by atoms with van der Waals surface area (Å²) in [5.74, 6) is 1.61. The summed E-state index contributed by atoms with van der Waals surface area (Å²) >= 11 is 12.3. The number of nitrogens with one attached hydrogen (secondary N) is 3. The third-order valence-electron chi connectivity index (χ3n) is 5.96. The lowest BCUT2D eigenvalue weighted by molar-refractivity contribution is -0.123. The van der Waals surface area contributed by atoms with Crippen LogP contribution >= 0.6 is 23.2 Å². The number of benzene rings is 1. The number of halogens is 2. The molecule has 0 unspecified atom stereocenters. The van der Waals surface area contributed by atoms with E-state index in [9.17, 15) is 4.79 Å². The highest BCUT2D eigenvalue weighted by molar-refractivity contribution is 6.35. The van der Waals surface area contributed by atoms with Crippen molar-refractivity contribution in [3.05, 3.63) is 64.4 Å². The number of rotatable bonds is 11. The Bertz CT molecular complexity index is 1140. The number of ether oxygens (including phenoxy) is 2. The highest BCUT2D eigenvalue weighted by atomic mass is 35.5. The van der Waals surface area contributed by atoms with Crippen LogP contribution in [0.25, 0.3) is 5.82 Å². The van der Waals surface area contributed by atoms with Crippen LogP contribution in [-0.2, 0) is 20.8 Å². The lowest BCUT2D eigenvalue weighted by atomic mass is 9.91. The summed E-state index contributed by atoms with van der Waals surface area (Å²) in [4.78, 5) is 22.7. The Balaban J connectivity index is 1.56. The van der Waals surface area contributed by atoms with E-state index in [1.807, 2.05) is 41.2 Å². The molecule has 0 aliphatic carbocycles. The Labute approximate surface area is 220 Å². The lowest BCUT2D eigenvalue weighted by Gasteiger charge is -2.30. The molecule has 0 saturated carbocycles. The zero-order chi connectivity index (χ0) is 25.3. The first-order chi connectivity index (χ1) is 17.5. The number of anilines is 2. The molecule has 1 aliphatic heterocycles. The summed E-state index contributed by atoms with van der Waals surface area (Å²) in [5.41, 5.74) is 0.793. The van der Waals surface area contributed by atoms with E-state index in [-0.39, 0.29) is 11.8 Å². The SMILES string of the molecule is COCCNc1nc(N[C@@H](C(=O)NCc2ccc(Cl)cc2Cl)C2CCOCC2)cc(-n2cccc2)n1. The van der Waals surface area contributed by atoms with Crippen LogP contribution in [0.1, 0.15) is 18.4 Å². The Hall–Kier alpha value is -2.85. The zero-order valence-corrected chi connectivity index (χ0v) is 21.6. The fourth-order valence-corrected chi connectivity index (χ4v) is 4.51. The number of carbonyl (C=O) groups excluding carboxylic acids is 1. The second kappa shape index (κ2) is 12.9. The van der Waals surface area contributed by atoms with E-state index in [0.29, 0.717) is 60.5 Å². The molecule has 3 heterocycles. The van der Waals surface area contributed by atoms with Gasteiger partial charge in [0.1, 0.15) is 17.7 Å². The van der Waals surface area contributed by atoms with E-state index in [2.05, 4.69) is 25.9 Å². The molecular formula is C25H30Cl2N6O3. The normalized spacial score (nSPS) is 14.9. The summed E-state index contributed by atoms with van der Waals surface area (Å²) in [5, 5.41) is 10.7. The van der Waals surface area contributed by atoms with Gasteiger partial charge in [-0.25, -0.2) is 0 Å². The van der Waals surface area contributed by atoms with Crippen LogP contribution in [0, 0.1) is 5.92 Å². The number of hydrogen-bond donors (Lipinski definition) is 3. The van der Waals surface area contributed by atoms with E-state index < -0.39 is 6.04 Å². The van der Waals surface area contributed by atoms with Gasteiger partial charge in [-0.15, -0.1) is 0 Å². The van der Waals surface area contributed by atoms with Crippen molar-refractivity contribution in [2.24, 2.45) is 5.92 Å². The summed E-state index contributed by atoms with van der Waals surface area (Å²) in [6, 6.07) is 10.4. The van der Waals surface area contributed by atoms with Crippen LogP contribution < -0.4 is 16.0 Å². The molecule has 192 valence electrons. The first-order valence-electron chi connectivity index (χ1n) is 11.8. The molecule has 1 aliphatic rings. The summed E-state index contributed by atoms with van der Waals surface area (Å²) in [6.07, 6.45) is 5.34. The second-order valence-electron chi connectivity index (χ2n) is 8.47. The third kappa shape index (κ3) is 7.10. The predicted molar refractivity (Wildman–Crippen MR) is 141 cm³/mol. The van der Waals surface area contributed by atoms with Crippen molar-refractivity contribution in [2.45, 2.75) is 25.4 Å². The van der Waals surface area contributed by atoms with Crippen LogP contribution in [0.5, 0.6) is 0 Å². The molecule has 1 amide bonds. The van der Waals surface area contributed by atoms with Gasteiger partial charge in [0.2, 0.25) is 11.9 Å². The minimum Gasteiger partial charge on any atom is -0.383 e. The van der Waals surface area contributed by atoms with Crippen LogP contribution in [0.15, 0.2) is 48.8 Å². The highest BCUT2D eigenvalue weighted by Crippen LogP contribution is 2.25. The van der Waals surface area contributed by atoms with E-state index >= 15 is 0 Å². The first kappa shape index (κ1) is 26.2. The molecular weight excluding hydrogens is 503 g/mol. The number of carbonyl (C=O) groups is 1. The molecule has 0 bridgehead atoms. The standard InChI is InChI=1S/C25H30Cl2N6O3/c1-35-13-8-28-25-31-21(15-22(32-25)33-9-2-3-10-33)30-23(17-6-11-36-12-7-17)24(34)29-16-18-4-5-19(26)14-20(18)27/h2-5,9-10,14-15,17,23H,6-8,11-13,16H2,1H3,(H,29,34)(H2,28,30,31,32)/t23-/m1/s1. The molecule has 1 aromatic carbocycles. The van der Waals surface area contributed by atoms with E-state index in [0.717, 1.165) is 18.4 Å². The van der Waals surface area contributed by atoms with Crippen molar-refractivity contribution >= 4 is 40.9 Å². The highest BCUT2D eigenvalue weighted by Gasteiger charge is 2.30. The largest absolute Gasteiger partial charge is 0.383 e. The van der Waals surface area contributed by atoms with E-state index in [1.54, 1.807) is 19.2 Å². The van der Waals surface area contributed by atoms with Gasteiger partial charge in [0.05, 0.1) is 6.61 Å². The van der Waals surface area contributed by atoms with Crippen LogP contribution in [0.3, 0.4) is 0 Å². The van der Waals surface area contributed by atoms with E-state index in [1.165, 1.54) is 0 Å². The smallest absolute Gasteiger partial charge is 0.243 e. The molecule has 36 heavy (non-hydrogen) atoms. The molecule has 11 heteroatoms. The van der Waals surface area contributed by atoms with Crippen molar-refractivity contribution in [1.82, 2.24) is 19.9 Å². The van der Waals surface area contributed by atoms with Gasteiger partial charge in [-0.3, -0.25) is 4.79 Å². The van der Waals surface area contributed by atoms with Gasteiger partial charge >= 0.3 is 0 Å². The van der Waals surface area contributed by atoms with Crippen molar-refractivity contribution in [3.8, 4) is 5.82 Å². The van der Waals surface area contributed by atoms with Crippen LogP contribution in [0.4, 0.5) is 11.8 Å². The predicted octanol–water partition coefficient (Wildman–Crippen LogP) is 4.16. The fourth-order valence-electron chi connectivity index (χ4n) is 4.04. The quantitative estimate of drug-likeness (QED) is 0.318. The summed E-state index contributed by atoms with van der Waals surface area (Å²) in [6.45, 7) is 2.58. The van der Waals surface area contributed by atoms with Gasteiger partial charge in [0, 0.05) is 61.9 Å². The first-order valence-corrected chi connectivity index (χ1v) is 12.6. The van der Waals surface area contributed by atoms with Gasteiger partial charge in [0.25, 0.3) is 0 Å². The van der Waals surface area contributed by atoms with E-state index in [4.69, 9.17) is 32.7 Å². The van der Waals surface area contributed by atoms with Crippen molar-refractivity contribution < 1.29 is 14.3 Å². The van der Waals surface area contributed by atoms with Gasteiger partial charge in [-0.05, 0) is 48.6 Å². The lowest BCUT2D eigenvalue weighted by Crippen LogP contribution is -2.46. The van der Waals surface area contributed by atoms with Crippen molar-refractivity contribution in [3.63, 3.8) is 0 Å². The maximum atomic E-state index is 13.4. The summed E-state index contributed by atoms with van der Waals surface area (Å²) < 4.78 is 12.6. The minimum absolute atomic E-state index is 0.0781. The molecule has 4 rings (SSSR count). The number of methoxy groups -OCH3 is 1. The molecule has 1 atom stereocenters.